The molecule has 0 spiro atoms. The second kappa shape index (κ2) is 9.84. The van der Waals surface area contributed by atoms with Crippen molar-refractivity contribution in [1.29, 1.82) is 5.41 Å². The highest BCUT2D eigenvalue weighted by Crippen LogP contribution is 2.30. The third-order valence-electron chi connectivity index (χ3n) is 5.29. The summed E-state index contributed by atoms with van der Waals surface area (Å²) in [5.41, 5.74) is 2.86. The molecule has 0 bridgehead atoms. The summed E-state index contributed by atoms with van der Waals surface area (Å²) in [6.45, 7) is -0.734. The molecule has 4 rings (SSSR count). The maximum atomic E-state index is 13.7. The number of nitrogens with one attached hydrogen (secondary N) is 4. The molecule has 1 atom stereocenters. The van der Waals surface area contributed by atoms with Crippen LogP contribution in [0.4, 0.5) is 20.4 Å². The van der Waals surface area contributed by atoms with Gasteiger partial charge in [0.15, 0.2) is 0 Å². The third kappa shape index (κ3) is 4.67. The molecule has 10 heteroatoms. The Labute approximate surface area is 194 Å². The van der Waals surface area contributed by atoms with E-state index in [0.29, 0.717) is 45.3 Å². The van der Waals surface area contributed by atoms with Gasteiger partial charge in [0.2, 0.25) is 0 Å². The highest BCUT2D eigenvalue weighted by Gasteiger charge is 2.23. The van der Waals surface area contributed by atoms with Gasteiger partial charge in [-0.25, -0.2) is 13.8 Å². The average molecular weight is 466 g/mol. The van der Waals surface area contributed by atoms with Crippen molar-refractivity contribution in [2.24, 2.45) is 0 Å². The lowest BCUT2D eigenvalue weighted by Gasteiger charge is -2.26. The molecule has 34 heavy (non-hydrogen) atoms. The molecule has 0 saturated carbocycles. The number of hydrogen-bond acceptors (Lipinski definition) is 7. The van der Waals surface area contributed by atoms with E-state index in [1.165, 1.54) is 4.57 Å². The molecule has 0 saturated heterocycles. The van der Waals surface area contributed by atoms with Crippen molar-refractivity contribution in [1.82, 2.24) is 14.9 Å². The highest BCUT2D eigenvalue weighted by molar-refractivity contribution is 6.13. The first-order valence-electron chi connectivity index (χ1n) is 10.6. The monoisotopic (exact) mass is 466 g/mol. The van der Waals surface area contributed by atoms with Crippen molar-refractivity contribution < 1.29 is 13.5 Å². The molecule has 2 aliphatic rings. The minimum absolute atomic E-state index is 0.323. The summed E-state index contributed by atoms with van der Waals surface area (Å²) in [4.78, 5) is 18.1. The topological polar surface area (TPSA) is 104 Å². The van der Waals surface area contributed by atoms with Gasteiger partial charge in [-0.3, -0.25) is 9.36 Å². The number of halogens is 2. The van der Waals surface area contributed by atoms with Crippen molar-refractivity contribution in [3.05, 3.63) is 82.0 Å². The van der Waals surface area contributed by atoms with Crippen molar-refractivity contribution in [3.63, 3.8) is 0 Å². The van der Waals surface area contributed by atoms with Gasteiger partial charge in [-0.15, -0.1) is 0 Å². The van der Waals surface area contributed by atoms with Crippen LogP contribution in [0.2, 0.25) is 0 Å². The molecule has 0 aromatic carbocycles. The first-order valence-corrected chi connectivity index (χ1v) is 10.6. The minimum Gasteiger partial charge on any atom is -0.393 e. The second-order valence-electron chi connectivity index (χ2n) is 7.54. The predicted molar refractivity (Wildman–Crippen MR) is 130 cm³/mol. The molecule has 0 radical (unpaired) electrons. The van der Waals surface area contributed by atoms with Crippen LogP contribution >= 0.6 is 0 Å². The molecule has 3 heterocycles. The van der Waals surface area contributed by atoms with Gasteiger partial charge in [-0.1, -0.05) is 12.2 Å². The van der Waals surface area contributed by atoms with Crippen LogP contribution in [0.3, 0.4) is 0 Å². The zero-order chi connectivity index (χ0) is 24.2. The zero-order valence-electron chi connectivity index (χ0n) is 18.6. The van der Waals surface area contributed by atoms with Gasteiger partial charge in [-0.2, -0.15) is 0 Å². The molecule has 0 amide bonds. The smallest absolute Gasteiger partial charge is 0.264 e. The number of ether oxygens (including phenoxy) is 1. The van der Waals surface area contributed by atoms with Crippen LogP contribution in [0.5, 0.6) is 0 Å². The number of hydrogen-bond donors (Lipinski definition) is 4. The molecular weight excluding hydrogens is 442 g/mol. The van der Waals surface area contributed by atoms with Crippen LogP contribution in [-0.2, 0) is 4.74 Å². The Kier molecular flexibility index (Phi) is 6.69. The standard InChI is InChI=1S/C24H24F2N6O2/c1-28-11-16-9-14(3-6-19(16)27)18-10-15-4-8-22(34-13-20(25)26)31-23(15)32(24(18)33)17-5-7-21(29-2)30-12-17/h3-12,20,22,27-28,31H,13H2,1-2H3,(H,29,30)/b16-11-,27-19?. The van der Waals surface area contributed by atoms with E-state index in [1.807, 2.05) is 0 Å². The van der Waals surface area contributed by atoms with Crippen LogP contribution < -0.4 is 21.5 Å². The van der Waals surface area contributed by atoms with Gasteiger partial charge in [0.1, 0.15) is 24.5 Å². The number of alkyl halides is 2. The first-order chi connectivity index (χ1) is 16.4. The number of allylic oxidation sites excluding steroid dienone is 5. The summed E-state index contributed by atoms with van der Waals surface area (Å²) in [5.74, 6) is 1.04. The number of pyridine rings is 2. The number of rotatable bonds is 7. The van der Waals surface area contributed by atoms with Gasteiger partial charge >= 0.3 is 0 Å². The lowest BCUT2D eigenvalue weighted by molar-refractivity contribution is 0.00179. The van der Waals surface area contributed by atoms with Gasteiger partial charge in [0.25, 0.3) is 12.0 Å². The normalized spacial score (nSPS) is 18.0. The fourth-order valence-electron chi connectivity index (χ4n) is 3.68. The molecular formula is C24H24F2N6O2. The van der Waals surface area contributed by atoms with Crippen LogP contribution in [0.15, 0.2) is 65.3 Å². The van der Waals surface area contributed by atoms with E-state index < -0.39 is 19.3 Å². The molecule has 1 aliphatic carbocycles. The molecule has 8 nitrogen and oxygen atoms in total. The molecule has 1 aliphatic heterocycles. The van der Waals surface area contributed by atoms with Crippen LogP contribution in [-0.4, -0.2) is 48.6 Å². The average Bonchev–Trinajstić information content (AvgIpc) is 2.84. The third-order valence-corrected chi connectivity index (χ3v) is 5.29. The maximum absolute atomic E-state index is 13.7. The Morgan fingerprint density at radius 1 is 1.29 bits per heavy atom. The molecule has 1 unspecified atom stereocenters. The summed E-state index contributed by atoms with van der Waals surface area (Å²) in [6, 6.07) is 5.21. The Morgan fingerprint density at radius 3 is 2.79 bits per heavy atom. The van der Waals surface area contributed by atoms with Crippen LogP contribution in [0.1, 0.15) is 11.1 Å². The van der Waals surface area contributed by atoms with Crippen LogP contribution in [0.25, 0.3) is 17.3 Å². The molecule has 2 aromatic heterocycles. The van der Waals surface area contributed by atoms with E-state index in [9.17, 15) is 13.6 Å². The largest absolute Gasteiger partial charge is 0.393 e. The fourth-order valence-corrected chi connectivity index (χ4v) is 3.68. The first kappa shape index (κ1) is 23.1. The SMILES string of the molecule is CN/C=C1/C=C(c2cc3c(n(-c4ccc(NC)nc4)c2=O)NC(OCC(F)F)C=C3)C=CC1=N. The van der Waals surface area contributed by atoms with Crippen molar-refractivity contribution in [2.45, 2.75) is 12.7 Å². The number of anilines is 2. The number of fused-ring (bicyclic) bond motifs is 1. The Balaban J connectivity index is 1.86. The lowest BCUT2D eigenvalue weighted by atomic mass is 9.95. The maximum Gasteiger partial charge on any atom is 0.264 e. The quantitative estimate of drug-likeness (QED) is 0.499. The van der Waals surface area contributed by atoms with E-state index >= 15 is 0 Å². The second-order valence-corrected chi connectivity index (χ2v) is 7.54. The van der Waals surface area contributed by atoms with Crippen molar-refractivity contribution in [3.8, 4) is 5.69 Å². The lowest BCUT2D eigenvalue weighted by Crippen LogP contribution is -2.32. The van der Waals surface area contributed by atoms with Crippen molar-refractivity contribution in [2.75, 3.05) is 31.3 Å². The Hall–Kier alpha value is -4.05. The number of aromatic nitrogens is 2. The minimum atomic E-state index is -2.61. The van der Waals surface area contributed by atoms with E-state index in [4.69, 9.17) is 10.1 Å². The summed E-state index contributed by atoms with van der Waals surface area (Å²) in [5, 5.41) is 17.0. The predicted octanol–water partition coefficient (Wildman–Crippen LogP) is 3.40. The van der Waals surface area contributed by atoms with E-state index in [1.54, 1.807) is 75.1 Å². The molecule has 2 aromatic rings. The van der Waals surface area contributed by atoms with Gasteiger partial charge in [0.05, 0.1) is 17.6 Å². The molecule has 4 N–H and O–H groups in total. The van der Waals surface area contributed by atoms with Crippen LogP contribution in [0, 0.1) is 5.41 Å². The van der Waals surface area contributed by atoms with E-state index in [0.717, 1.165) is 0 Å². The van der Waals surface area contributed by atoms with Gasteiger partial charge in [-0.05, 0) is 42.0 Å². The highest BCUT2D eigenvalue weighted by atomic mass is 19.3. The Bertz CT molecular complexity index is 1280. The van der Waals surface area contributed by atoms with Gasteiger partial charge in [0, 0.05) is 37.0 Å². The summed E-state index contributed by atoms with van der Waals surface area (Å²) < 4.78 is 32.0. The number of nitrogens with zero attached hydrogens (tertiary/aromatic N) is 2. The molecule has 176 valence electrons. The van der Waals surface area contributed by atoms with Crippen molar-refractivity contribution >= 4 is 29.0 Å². The summed E-state index contributed by atoms with van der Waals surface area (Å²) >= 11 is 0. The fraction of sp³-hybridized carbons (Fsp3) is 0.208. The molecule has 0 fully saturated rings. The van der Waals surface area contributed by atoms with E-state index in [2.05, 4.69) is 20.9 Å². The zero-order valence-corrected chi connectivity index (χ0v) is 18.6. The van der Waals surface area contributed by atoms with E-state index in [-0.39, 0.29) is 5.56 Å². The summed E-state index contributed by atoms with van der Waals surface area (Å²) in [6.07, 6.45) is 8.30. The van der Waals surface area contributed by atoms with Gasteiger partial charge < -0.3 is 26.1 Å². The Morgan fingerprint density at radius 2 is 2.12 bits per heavy atom. The summed E-state index contributed by atoms with van der Waals surface area (Å²) in [7, 11) is 3.48.